The molecule has 2 amide bonds. The van der Waals surface area contributed by atoms with E-state index < -0.39 is 5.54 Å². The van der Waals surface area contributed by atoms with Gasteiger partial charge in [-0.05, 0) is 25.5 Å². The molecule has 0 aliphatic rings. The summed E-state index contributed by atoms with van der Waals surface area (Å²) in [6.07, 6.45) is 3.92. The molecule has 6 nitrogen and oxygen atoms in total. The van der Waals surface area contributed by atoms with Gasteiger partial charge < -0.3 is 10.1 Å². The van der Waals surface area contributed by atoms with Crippen molar-refractivity contribution in [3.05, 3.63) is 34.9 Å². The SMILES string of the molecule is CCC(C)(COc1ncccc1Cl)NC(=O)Nc1nccs1. The Labute approximate surface area is 137 Å². The monoisotopic (exact) mass is 340 g/mol. The maximum atomic E-state index is 12.0. The Hall–Kier alpha value is -1.86. The Morgan fingerprint density at radius 1 is 1.45 bits per heavy atom. The zero-order valence-electron chi connectivity index (χ0n) is 12.3. The molecule has 0 aliphatic heterocycles. The average molecular weight is 341 g/mol. The van der Waals surface area contributed by atoms with Gasteiger partial charge in [0.15, 0.2) is 5.13 Å². The van der Waals surface area contributed by atoms with Crippen LogP contribution in [0.2, 0.25) is 5.02 Å². The summed E-state index contributed by atoms with van der Waals surface area (Å²) in [5.41, 5.74) is -0.553. The highest BCUT2D eigenvalue weighted by molar-refractivity contribution is 7.13. The number of carbonyl (C=O) groups excluding carboxylic acids is 1. The molecule has 0 saturated carbocycles. The third kappa shape index (κ3) is 4.57. The number of hydrogen-bond donors (Lipinski definition) is 2. The molecule has 0 aliphatic carbocycles. The van der Waals surface area contributed by atoms with E-state index in [-0.39, 0.29) is 12.6 Å². The van der Waals surface area contributed by atoms with Gasteiger partial charge in [-0.3, -0.25) is 5.32 Å². The van der Waals surface area contributed by atoms with Crippen LogP contribution in [0.15, 0.2) is 29.9 Å². The standard InChI is InChI=1S/C14H17ClN4O2S/c1-3-14(2,9-21-11-10(15)5-4-6-16-11)19-12(20)18-13-17-7-8-22-13/h4-8H,3,9H2,1-2H3,(H2,17,18,19,20). The molecule has 0 fully saturated rings. The number of aromatic nitrogens is 2. The van der Waals surface area contributed by atoms with Crippen LogP contribution in [0.4, 0.5) is 9.93 Å². The number of rotatable bonds is 6. The summed E-state index contributed by atoms with van der Waals surface area (Å²) >= 11 is 7.36. The lowest BCUT2D eigenvalue weighted by molar-refractivity contribution is 0.183. The van der Waals surface area contributed by atoms with Gasteiger partial charge in [0.25, 0.3) is 0 Å². The van der Waals surface area contributed by atoms with E-state index in [9.17, 15) is 4.79 Å². The van der Waals surface area contributed by atoms with Crippen molar-refractivity contribution in [3.63, 3.8) is 0 Å². The van der Waals surface area contributed by atoms with Crippen LogP contribution >= 0.6 is 22.9 Å². The Morgan fingerprint density at radius 3 is 2.91 bits per heavy atom. The van der Waals surface area contributed by atoms with Gasteiger partial charge >= 0.3 is 6.03 Å². The van der Waals surface area contributed by atoms with Gasteiger partial charge in [-0.2, -0.15) is 0 Å². The first-order chi connectivity index (χ1) is 10.5. The first-order valence-corrected chi connectivity index (χ1v) is 8.00. The van der Waals surface area contributed by atoms with Crippen LogP contribution in [0.25, 0.3) is 0 Å². The highest BCUT2D eigenvalue weighted by atomic mass is 35.5. The van der Waals surface area contributed by atoms with Gasteiger partial charge in [0, 0.05) is 17.8 Å². The van der Waals surface area contributed by atoms with Crippen LogP contribution in [-0.4, -0.2) is 28.1 Å². The molecule has 0 aromatic carbocycles. The second kappa shape index (κ2) is 7.42. The number of urea groups is 1. The topological polar surface area (TPSA) is 76.1 Å². The van der Waals surface area contributed by atoms with Crippen LogP contribution < -0.4 is 15.4 Å². The number of thiazole rings is 1. The van der Waals surface area contributed by atoms with Crippen molar-refractivity contribution in [2.24, 2.45) is 0 Å². The Bertz CT molecular complexity index is 623. The van der Waals surface area contributed by atoms with Crippen molar-refractivity contribution in [1.82, 2.24) is 15.3 Å². The van der Waals surface area contributed by atoms with Crippen molar-refractivity contribution in [2.75, 3.05) is 11.9 Å². The van der Waals surface area contributed by atoms with E-state index in [1.165, 1.54) is 11.3 Å². The summed E-state index contributed by atoms with van der Waals surface area (Å²) in [4.78, 5) is 20.1. The predicted molar refractivity (Wildman–Crippen MR) is 87.7 cm³/mol. The summed E-state index contributed by atoms with van der Waals surface area (Å²) in [7, 11) is 0. The van der Waals surface area contributed by atoms with Gasteiger partial charge in [-0.25, -0.2) is 14.8 Å². The molecule has 8 heteroatoms. The number of ether oxygens (including phenoxy) is 1. The summed E-state index contributed by atoms with van der Waals surface area (Å²) in [6, 6.07) is 3.11. The number of amides is 2. The van der Waals surface area contributed by atoms with Crippen molar-refractivity contribution in [3.8, 4) is 5.88 Å². The summed E-state index contributed by atoms with van der Waals surface area (Å²) in [6.45, 7) is 4.11. The number of nitrogens with one attached hydrogen (secondary N) is 2. The zero-order chi connectivity index (χ0) is 16.0. The van der Waals surface area contributed by atoms with Crippen LogP contribution in [0.1, 0.15) is 20.3 Å². The van der Waals surface area contributed by atoms with Crippen LogP contribution in [-0.2, 0) is 0 Å². The molecule has 1 atom stereocenters. The van der Waals surface area contributed by atoms with E-state index in [1.807, 2.05) is 13.8 Å². The quantitative estimate of drug-likeness (QED) is 0.843. The summed E-state index contributed by atoms with van der Waals surface area (Å²) in [5.74, 6) is 0.353. The molecule has 2 rings (SSSR count). The van der Waals surface area contributed by atoms with Crippen molar-refractivity contribution >= 4 is 34.1 Å². The van der Waals surface area contributed by atoms with Gasteiger partial charge in [-0.1, -0.05) is 18.5 Å². The number of pyridine rings is 1. The molecule has 0 saturated heterocycles. The molecule has 1 unspecified atom stereocenters. The van der Waals surface area contributed by atoms with Gasteiger partial charge in [0.1, 0.15) is 11.6 Å². The molecule has 2 aromatic rings. The fraction of sp³-hybridized carbons (Fsp3) is 0.357. The van der Waals surface area contributed by atoms with Crippen molar-refractivity contribution < 1.29 is 9.53 Å². The third-order valence-corrected chi connectivity index (χ3v) is 4.08. The van der Waals surface area contributed by atoms with Gasteiger partial charge in [0.05, 0.1) is 5.54 Å². The Morgan fingerprint density at radius 2 is 2.27 bits per heavy atom. The Kier molecular flexibility index (Phi) is 5.57. The van der Waals surface area contributed by atoms with Gasteiger partial charge in [0.2, 0.25) is 5.88 Å². The maximum absolute atomic E-state index is 12.0. The third-order valence-electron chi connectivity index (χ3n) is 3.10. The lowest BCUT2D eigenvalue weighted by atomic mass is 10.0. The molecule has 22 heavy (non-hydrogen) atoms. The predicted octanol–water partition coefficient (Wildman–Crippen LogP) is 3.56. The number of nitrogens with zero attached hydrogens (tertiary/aromatic N) is 2. The minimum atomic E-state index is -0.553. The van der Waals surface area contributed by atoms with Crippen LogP contribution in [0, 0.1) is 0 Å². The van der Waals surface area contributed by atoms with E-state index in [0.717, 1.165) is 0 Å². The normalized spacial score (nSPS) is 13.2. The van der Waals surface area contributed by atoms with Crippen molar-refractivity contribution in [2.45, 2.75) is 25.8 Å². The highest BCUT2D eigenvalue weighted by Crippen LogP contribution is 2.22. The highest BCUT2D eigenvalue weighted by Gasteiger charge is 2.26. The molecule has 2 heterocycles. The van der Waals surface area contributed by atoms with E-state index in [4.69, 9.17) is 16.3 Å². The molecule has 2 aromatic heterocycles. The van der Waals surface area contributed by atoms with E-state index in [2.05, 4.69) is 20.6 Å². The van der Waals surface area contributed by atoms with E-state index in [1.54, 1.807) is 29.9 Å². The molecule has 2 N–H and O–H groups in total. The summed E-state index contributed by atoms with van der Waals surface area (Å²) < 4.78 is 5.63. The number of hydrogen-bond acceptors (Lipinski definition) is 5. The average Bonchev–Trinajstić information content (AvgIpc) is 2.99. The molecule has 0 spiro atoms. The second-order valence-electron chi connectivity index (χ2n) is 4.91. The number of carbonyl (C=O) groups is 1. The van der Waals surface area contributed by atoms with Gasteiger partial charge in [-0.15, -0.1) is 11.3 Å². The molecule has 0 radical (unpaired) electrons. The summed E-state index contributed by atoms with van der Waals surface area (Å²) in [5, 5.41) is 8.35. The second-order valence-corrected chi connectivity index (χ2v) is 6.21. The molecular formula is C14H17ClN4O2S. The first kappa shape index (κ1) is 16.5. The van der Waals surface area contributed by atoms with Crippen LogP contribution in [0.3, 0.4) is 0 Å². The minimum absolute atomic E-state index is 0.255. The zero-order valence-corrected chi connectivity index (χ0v) is 13.9. The fourth-order valence-corrected chi connectivity index (χ4v) is 2.32. The maximum Gasteiger partial charge on any atom is 0.321 e. The smallest absolute Gasteiger partial charge is 0.321 e. The minimum Gasteiger partial charge on any atom is -0.474 e. The fourth-order valence-electron chi connectivity index (χ4n) is 1.62. The number of anilines is 1. The van der Waals surface area contributed by atoms with Crippen molar-refractivity contribution in [1.29, 1.82) is 0 Å². The molecular weight excluding hydrogens is 324 g/mol. The molecule has 0 bridgehead atoms. The van der Waals surface area contributed by atoms with E-state index >= 15 is 0 Å². The lowest BCUT2D eigenvalue weighted by Gasteiger charge is -2.29. The largest absolute Gasteiger partial charge is 0.474 e. The first-order valence-electron chi connectivity index (χ1n) is 6.74. The van der Waals surface area contributed by atoms with Crippen LogP contribution in [0.5, 0.6) is 5.88 Å². The Balaban J connectivity index is 1.93. The number of halogens is 1. The molecule has 118 valence electrons. The lowest BCUT2D eigenvalue weighted by Crippen LogP contribution is -2.51. The van der Waals surface area contributed by atoms with E-state index in [0.29, 0.717) is 22.5 Å².